The van der Waals surface area contributed by atoms with E-state index in [1.165, 1.54) is 177 Å². The summed E-state index contributed by atoms with van der Waals surface area (Å²) in [6, 6.07) is 101. The first-order chi connectivity index (χ1) is 41.0. The fourth-order valence-corrected chi connectivity index (χ4v) is 14.8. The highest BCUT2D eigenvalue weighted by Gasteiger charge is 2.38. The molecular formula is C84H62. The highest BCUT2D eigenvalue weighted by Crippen LogP contribution is 2.55. The van der Waals surface area contributed by atoms with E-state index in [0.29, 0.717) is 0 Å². The average molecular weight is 1070 g/mol. The Labute approximate surface area is 493 Å². The predicted octanol–water partition coefficient (Wildman–Crippen LogP) is 23.2. The molecule has 398 valence electrons. The fraction of sp³-hybridized carbons (Fsp3) is 0.0952. The van der Waals surface area contributed by atoms with E-state index in [0.717, 1.165) is 0 Å². The molecule has 0 spiro atoms. The maximum atomic E-state index is 2.51. The van der Waals surface area contributed by atoms with Gasteiger partial charge in [-0.3, -0.25) is 0 Å². The van der Waals surface area contributed by atoms with Crippen LogP contribution in [0.15, 0.2) is 267 Å². The number of fused-ring (bicyclic) bond motifs is 10. The van der Waals surface area contributed by atoms with Crippen LogP contribution < -0.4 is 0 Å². The van der Waals surface area contributed by atoms with Gasteiger partial charge in [-0.25, -0.2) is 0 Å². The minimum atomic E-state index is -0.219. The van der Waals surface area contributed by atoms with Crippen LogP contribution in [0.4, 0.5) is 0 Å². The topological polar surface area (TPSA) is 0 Å². The van der Waals surface area contributed by atoms with Gasteiger partial charge < -0.3 is 0 Å². The van der Waals surface area contributed by atoms with Gasteiger partial charge in [0.25, 0.3) is 0 Å². The van der Waals surface area contributed by atoms with Crippen LogP contribution in [-0.4, -0.2) is 0 Å². The molecule has 14 aromatic carbocycles. The Morgan fingerprint density at radius 1 is 0.190 bits per heavy atom. The molecule has 2 aliphatic rings. The molecule has 0 nitrogen and oxygen atoms in total. The molecule has 0 unspecified atom stereocenters. The maximum Gasteiger partial charge on any atom is 0.0159 e. The van der Waals surface area contributed by atoms with Crippen molar-refractivity contribution in [3.05, 3.63) is 300 Å². The van der Waals surface area contributed by atoms with E-state index in [-0.39, 0.29) is 10.8 Å². The molecule has 2 aliphatic carbocycles. The summed E-state index contributed by atoms with van der Waals surface area (Å²) in [6.07, 6.45) is 0. The maximum absolute atomic E-state index is 2.51. The first-order valence-electron chi connectivity index (χ1n) is 29.8. The second kappa shape index (κ2) is 18.8. The zero-order valence-corrected chi connectivity index (χ0v) is 48.4. The standard InChI is InChI=1S/C84H62/c1-51-23-27-53(28-24-51)55-31-35-57(36-32-55)79-67-15-7-11-19-71(67)81(72-20-12-8-16-68(72)79)61-41-45-65-63-43-39-59(47-75(63)83(3,4)77(65)49-61)60-40-44-64-66-46-42-62(50-78(66)84(5,6)76(64)48-60)82-73-21-13-9-17-69(73)80(70-18-10-14-22-74(70)82)58-37-33-56(34-38-58)54-29-25-52(2)26-30-54/h7-50H,1-6H3. The second-order valence-electron chi connectivity index (χ2n) is 24.9. The molecule has 0 saturated carbocycles. The van der Waals surface area contributed by atoms with Crippen LogP contribution >= 0.6 is 0 Å². The summed E-state index contributed by atoms with van der Waals surface area (Å²) >= 11 is 0. The van der Waals surface area contributed by atoms with Crippen LogP contribution in [0, 0.1) is 13.8 Å². The van der Waals surface area contributed by atoms with Gasteiger partial charge in [-0.15, -0.1) is 0 Å². The van der Waals surface area contributed by atoms with Crippen molar-refractivity contribution in [2.45, 2.75) is 52.4 Å². The van der Waals surface area contributed by atoms with E-state index >= 15 is 0 Å². The molecule has 16 rings (SSSR count). The van der Waals surface area contributed by atoms with Gasteiger partial charge in [0.05, 0.1) is 0 Å². The largest absolute Gasteiger partial charge is 0.0616 e. The lowest BCUT2D eigenvalue weighted by atomic mass is 9.79. The van der Waals surface area contributed by atoms with Crippen molar-refractivity contribution < 1.29 is 0 Å². The molecule has 0 heterocycles. The molecule has 0 N–H and O–H groups in total. The van der Waals surface area contributed by atoms with E-state index in [1.807, 2.05) is 0 Å². The summed E-state index contributed by atoms with van der Waals surface area (Å²) in [4.78, 5) is 0. The molecule has 0 radical (unpaired) electrons. The average Bonchev–Trinajstić information content (AvgIpc) is 3.61. The van der Waals surface area contributed by atoms with E-state index in [9.17, 15) is 0 Å². The Kier molecular flexibility index (Phi) is 11.2. The molecule has 0 aromatic heterocycles. The van der Waals surface area contributed by atoms with Gasteiger partial charge in [0.2, 0.25) is 0 Å². The third-order valence-corrected chi connectivity index (χ3v) is 19.2. The van der Waals surface area contributed by atoms with Crippen LogP contribution in [0.5, 0.6) is 0 Å². The van der Waals surface area contributed by atoms with Crippen molar-refractivity contribution in [1.82, 2.24) is 0 Å². The van der Waals surface area contributed by atoms with E-state index in [1.54, 1.807) is 0 Å². The summed E-state index contributed by atoms with van der Waals surface area (Å²) < 4.78 is 0. The van der Waals surface area contributed by atoms with Crippen LogP contribution in [0.1, 0.15) is 61.1 Å². The summed E-state index contributed by atoms with van der Waals surface area (Å²) in [7, 11) is 0. The van der Waals surface area contributed by atoms with E-state index in [2.05, 4.69) is 308 Å². The predicted molar refractivity (Wildman–Crippen MR) is 359 cm³/mol. The molecule has 0 atom stereocenters. The van der Waals surface area contributed by atoms with Crippen molar-refractivity contribution in [3.63, 3.8) is 0 Å². The first-order valence-corrected chi connectivity index (χ1v) is 29.8. The Balaban J connectivity index is 0.734. The summed E-state index contributed by atoms with van der Waals surface area (Å²) in [6.45, 7) is 14.0. The molecular weight excluding hydrogens is 1010 g/mol. The summed E-state index contributed by atoms with van der Waals surface area (Å²) in [5.74, 6) is 0. The van der Waals surface area contributed by atoms with Crippen LogP contribution in [0.25, 0.3) is 143 Å². The highest BCUT2D eigenvalue weighted by atomic mass is 14.4. The zero-order valence-electron chi connectivity index (χ0n) is 48.4. The number of aryl methyl sites for hydroxylation is 2. The van der Waals surface area contributed by atoms with Gasteiger partial charge in [0, 0.05) is 10.8 Å². The quantitative estimate of drug-likeness (QED) is 0.140. The van der Waals surface area contributed by atoms with Crippen molar-refractivity contribution in [3.8, 4) is 100 Å². The van der Waals surface area contributed by atoms with Gasteiger partial charge >= 0.3 is 0 Å². The molecule has 84 heavy (non-hydrogen) atoms. The SMILES string of the molecule is Cc1ccc(-c2ccc(-c3c4ccccc4c(-c4ccc5c(c4)C(C)(C)c4cc(-c6ccc7c(c6)C(C)(C)c6cc(-c8c9ccccc9c(-c9ccc(-c%10ccc(C)cc%10)cc9)c9ccccc89)ccc6-7)ccc4-5)c4ccccc34)cc2)cc1. The lowest BCUT2D eigenvalue weighted by Gasteiger charge is -2.24. The Bertz CT molecular complexity index is 4590. The summed E-state index contributed by atoms with van der Waals surface area (Å²) in [5.41, 5.74) is 30.5. The normalized spacial score (nSPS) is 13.5. The molecule has 0 fully saturated rings. The van der Waals surface area contributed by atoms with Crippen molar-refractivity contribution in [2.75, 3.05) is 0 Å². The smallest absolute Gasteiger partial charge is 0.0159 e. The summed E-state index contributed by atoms with van der Waals surface area (Å²) in [5, 5.41) is 10.2. The van der Waals surface area contributed by atoms with Gasteiger partial charge in [0.1, 0.15) is 0 Å². The second-order valence-corrected chi connectivity index (χ2v) is 24.9. The Morgan fingerprint density at radius 2 is 0.381 bits per heavy atom. The van der Waals surface area contributed by atoms with Crippen molar-refractivity contribution >= 4 is 43.1 Å². The Morgan fingerprint density at radius 3 is 0.643 bits per heavy atom. The van der Waals surface area contributed by atoms with Gasteiger partial charge in [-0.05, 0) is 204 Å². The van der Waals surface area contributed by atoms with E-state index < -0.39 is 0 Å². The zero-order chi connectivity index (χ0) is 56.6. The molecule has 0 heteroatoms. The Hall–Kier alpha value is -9.88. The first kappa shape index (κ1) is 49.9. The van der Waals surface area contributed by atoms with Crippen LogP contribution in [-0.2, 0) is 10.8 Å². The van der Waals surface area contributed by atoms with Gasteiger partial charge in [-0.2, -0.15) is 0 Å². The number of benzene rings is 14. The molecule has 14 aromatic rings. The third-order valence-electron chi connectivity index (χ3n) is 19.2. The molecule has 0 bridgehead atoms. The minimum Gasteiger partial charge on any atom is -0.0616 e. The number of hydrogen-bond acceptors (Lipinski definition) is 0. The van der Waals surface area contributed by atoms with E-state index in [4.69, 9.17) is 0 Å². The minimum absolute atomic E-state index is 0.219. The number of rotatable bonds is 7. The van der Waals surface area contributed by atoms with Crippen LogP contribution in [0.2, 0.25) is 0 Å². The van der Waals surface area contributed by atoms with Gasteiger partial charge in [0.15, 0.2) is 0 Å². The monoisotopic (exact) mass is 1070 g/mol. The molecule has 0 saturated heterocycles. The highest BCUT2D eigenvalue weighted by molar-refractivity contribution is 6.23. The van der Waals surface area contributed by atoms with Crippen molar-refractivity contribution in [1.29, 1.82) is 0 Å². The van der Waals surface area contributed by atoms with Gasteiger partial charge in [-0.1, -0.05) is 281 Å². The lowest BCUT2D eigenvalue weighted by molar-refractivity contribution is 0.660. The van der Waals surface area contributed by atoms with Crippen molar-refractivity contribution in [2.24, 2.45) is 0 Å². The number of hydrogen-bond donors (Lipinski definition) is 0. The lowest BCUT2D eigenvalue weighted by Crippen LogP contribution is -2.15. The fourth-order valence-electron chi connectivity index (χ4n) is 14.8. The molecule has 0 amide bonds. The molecule has 0 aliphatic heterocycles. The third kappa shape index (κ3) is 7.67. The van der Waals surface area contributed by atoms with Crippen LogP contribution in [0.3, 0.4) is 0 Å².